The first-order valence-electron chi connectivity index (χ1n) is 6.98. The van der Waals surface area contributed by atoms with E-state index in [1.807, 2.05) is 30.3 Å². The summed E-state index contributed by atoms with van der Waals surface area (Å²) in [5.41, 5.74) is 0.776. The second kappa shape index (κ2) is 7.64. The lowest BCUT2D eigenvalue weighted by Crippen LogP contribution is -2.49. The first kappa shape index (κ1) is 15.3. The van der Waals surface area contributed by atoms with Gasteiger partial charge in [-0.2, -0.15) is 0 Å². The van der Waals surface area contributed by atoms with Crippen molar-refractivity contribution >= 4 is 17.7 Å². The van der Waals surface area contributed by atoms with Crippen LogP contribution in [0.1, 0.15) is 6.42 Å². The maximum absolute atomic E-state index is 12.6. The van der Waals surface area contributed by atoms with Gasteiger partial charge in [0, 0.05) is 25.3 Å². The molecular weight excluding hydrogens is 272 g/mol. The zero-order valence-corrected chi connectivity index (χ0v) is 12.2. The third-order valence-corrected chi connectivity index (χ3v) is 3.35. The Bertz CT molecular complexity index is 472. The standard InChI is InChI=1S/C15H20N2O4/c1-20-14(18)7-8-17(13-5-3-2-4-6-13)15(19)16-9-11-21-12-10-16/h2-6H,7-12H2,1H3. The molecule has 1 aromatic carbocycles. The minimum absolute atomic E-state index is 0.103. The molecule has 1 aliphatic heterocycles. The van der Waals surface area contributed by atoms with Crippen molar-refractivity contribution in [1.82, 2.24) is 4.90 Å². The molecular formula is C15H20N2O4. The van der Waals surface area contributed by atoms with E-state index in [0.29, 0.717) is 32.8 Å². The Labute approximate surface area is 124 Å². The molecule has 6 heteroatoms. The highest BCUT2D eigenvalue weighted by atomic mass is 16.5. The van der Waals surface area contributed by atoms with E-state index in [4.69, 9.17) is 4.74 Å². The van der Waals surface area contributed by atoms with Gasteiger partial charge in [0.2, 0.25) is 0 Å². The van der Waals surface area contributed by atoms with Crippen molar-refractivity contribution in [3.8, 4) is 0 Å². The van der Waals surface area contributed by atoms with E-state index in [-0.39, 0.29) is 18.4 Å². The van der Waals surface area contributed by atoms with Crippen molar-refractivity contribution in [2.45, 2.75) is 6.42 Å². The zero-order chi connectivity index (χ0) is 15.1. The molecule has 1 heterocycles. The molecule has 0 radical (unpaired) electrons. The molecule has 2 rings (SSSR count). The first-order valence-corrected chi connectivity index (χ1v) is 6.98. The summed E-state index contributed by atoms with van der Waals surface area (Å²) in [6.45, 7) is 2.53. The van der Waals surface area contributed by atoms with Crippen LogP contribution in [0.2, 0.25) is 0 Å². The van der Waals surface area contributed by atoms with Crippen LogP contribution < -0.4 is 4.90 Å². The van der Waals surface area contributed by atoms with Gasteiger partial charge < -0.3 is 14.4 Å². The fourth-order valence-electron chi connectivity index (χ4n) is 2.17. The summed E-state index contributed by atoms with van der Waals surface area (Å²) in [6, 6.07) is 9.24. The van der Waals surface area contributed by atoms with Crippen molar-refractivity contribution in [2.75, 3.05) is 44.9 Å². The van der Waals surface area contributed by atoms with E-state index in [1.54, 1.807) is 9.80 Å². The number of methoxy groups -OCH3 is 1. The van der Waals surface area contributed by atoms with E-state index >= 15 is 0 Å². The quantitative estimate of drug-likeness (QED) is 0.789. The Morgan fingerprint density at radius 3 is 2.52 bits per heavy atom. The largest absolute Gasteiger partial charge is 0.469 e. The molecule has 0 atom stereocenters. The molecule has 114 valence electrons. The Kier molecular flexibility index (Phi) is 5.57. The number of esters is 1. The highest BCUT2D eigenvalue weighted by Gasteiger charge is 2.24. The summed E-state index contributed by atoms with van der Waals surface area (Å²) in [6.07, 6.45) is 0.168. The van der Waals surface area contributed by atoms with Gasteiger partial charge in [-0.1, -0.05) is 18.2 Å². The van der Waals surface area contributed by atoms with Gasteiger partial charge in [0.25, 0.3) is 0 Å². The molecule has 21 heavy (non-hydrogen) atoms. The smallest absolute Gasteiger partial charge is 0.324 e. The van der Waals surface area contributed by atoms with E-state index in [1.165, 1.54) is 7.11 Å². The average molecular weight is 292 g/mol. The molecule has 0 spiro atoms. The molecule has 0 bridgehead atoms. The van der Waals surface area contributed by atoms with Gasteiger partial charge in [-0.25, -0.2) is 4.79 Å². The summed E-state index contributed by atoms with van der Waals surface area (Å²) in [7, 11) is 1.35. The van der Waals surface area contributed by atoms with Gasteiger partial charge in [0.1, 0.15) is 0 Å². The van der Waals surface area contributed by atoms with Crippen LogP contribution in [0.3, 0.4) is 0 Å². The van der Waals surface area contributed by atoms with Crippen LogP contribution in [-0.2, 0) is 14.3 Å². The van der Waals surface area contributed by atoms with Gasteiger partial charge in [0.05, 0.1) is 26.7 Å². The van der Waals surface area contributed by atoms with Crippen molar-refractivity contribution in [3.05, 3.63) is 30.3 Å². The number of benzene rings is 1. The number of amides is 2. The van der Waals surface area contributed by atoms with Crippen molar-refractivity contribution in [2.24, 2.45) is 0 Å². The molecule has 1 aromatic rings. The number of hydrogen-bond acceptors (Lipinski definition) is 4. The van der Waals surface area contributed by atoms with Gasteiger partial charge >= 0.3 is 12.0 Å². The summed E-state index contributed by atoms with van der Waals surface area (Å²) in [5, 5.41) is 0. The maximum atomic E-state index is 12.6. The molecule has 1 saturated heterocycles. The number of anilines is 1. The van der Waals surface area contributed by atoms with Crippen LogP contribution in [-0.4, -0.2) is 56.9 Å². The number of rotatable bonds is 4. The minimum atomic E-state index is -0.328. The predicted molar refractivity (Wildman–Crippen MR) is 78.2 cm³/mol. The van der Waals surface area contributed by atoms with Gasteiger partial charge in [-0.3, -0.25) is 9.69 Å². The summed E-state index contributed by atoms with van der Waals surface area (Å²) < 4.78 is 9.92. The summed E-state index contributed by atoms with van der Waals surface area (Å²) >= 11 is 0. The maximum Gasteiger partial charge on any atom is 0.324 e. The lowest BCUT2D eigenvalue weighted by atomic mass is 10.2. The van der Waals surface area contributed by atoms with Crippen molar-refractivity contribution in [1.29, 1.82) is 0 Å². The molecule has 1 fully saturated rings. The Balaban J connectivity index is 2.10. The van der Waals surface area contributed by atoms with E-state index in [9.17, 15) is 9.59 Å². The monoisotopic (exact) mass is 292 g/mol. The Hall–Kier alpha value is -2.08. The van der Waals surface area contributed by atoms with Crippen molar-refractivity contribution in [3.63, 3.8) is 0 Å². The fraction of sp³-hybridized carbons (Fsp3) is 0.467. The number of carbonyl (C=O) groups is 2. The third kappa shape index (κ3) is 4.19. The molecule has 0 N–H and O–H groups in total. The molecule has 0 aromatic heterocycles. The first-order chi connectivity index (χ1) is 10.2. The number of ether oxygens (including phenoxy) is 2. The van der Waals surface area contributed by atoms with Crippen LogP contribution in [0.25, 0.3) is 0 Å². The van der Waals surface area contributed by atoms with Crippen LogP contribution in [0.4, 0.5) is 10.5 Å². The lowest BCUT2D eigenvalue weighted by Gasteiger charge is -2.32. The topological polar surface area (TPSA) is 59.1 Å². The predicted octanol–water partition coefficient (Wildman–Crippen LogP) is 1.51. The number of hydrogen-bond donors (Lipinski definition) is 0. The lowest BCUT2D eigenvalue weighted by molar-refractivity contribution is -0.140. The molecule has 2 amide bonds. The third-order valence-electron chi connectivity index (χ3n) is 3.35. The number of nitrogens with zero attached hydrogens (tertiary/aromatic N) is 2. The summed E-state index contributed by atoms with van der Waals surface area (Å²) in [4.78, 5) is 27.4. The number of carbonyl (C=O) groups excluding carboxylic acids is 2. The molecule has 6 nitrogen and oxygen atoms in total. The Morgan fingerprint density at radius 1 is 1.24 bits per heavy atom. The molecule has 0 aliphatic carbocycles. The molecule has 0 unspecified atom stereocenters. The zero-order valence-electron chi connectivity index (χ0n) is 12.2. The second-order valence-electron chi connectivity index (χ2n) is 4.70. The fourth-order valence-corrected chi connectivity index (χ4v) is 2.17. The second-order valence-corrected chi connectivity index (χ2v) is 4.70. The molecule has 0 saturated carbocycles. The summed E-state index contributed by atoms with van der Waals surface area (Å²) in [5.74, 6) is -0.328. The van der Waals surface area contributed by atoms with Crippen LogP contribution >= 0.6 is 0 Å². The number of morpholine rings is 1. The van der Waals surface area contributed by atoms with Gasteiger partial charge in [-0.05, 0) is 12.1 Å². The van der Waals surface area contributed by atoms with E-state index in [2.05, 4.69) is 4.74 Å². The normalized spacial score (nSPS) is 14.6. The van der Waals surface area contributed by atoms with Gasteiger partial charge in [-0.15, -0.1) is 0 Å². The highest BCUT2D eigenvalue weighted by Crippen LogP contribution is 2.17. The number of urea groups is 1. The van der Waals surface area contributed by atoms with E-state index in [0.717, 1.165) is 5.69 Å². The average Bonchev–Trinajstić information content (AvgIpc) is 2.56. The Morgan fingerprint density at radius 2 is 1.90 bits per heavy atom. The molecule has 1 aliphatic rings. The van der Waals surface area contributed by atoms with Crippen LogP contribution in [0.5, 0.6) is 0 Å². The van der Waals surface area contributed by atoms with Crippen molar-refractivity contribution < 1.29 is 19.1 Å². The van der Waals surface area contributed by atoms with Gasteiger partial charge in [0.15, 0.2) is 0 Å². The minimum Gasteiger partial charge on any atom is -0.469 e. The van der Waals surface area contributed by atoms with E-state index < -0.39 is 0 Å². The number of para-hydroxylation sites is 1. The highest BCUT2D eigenvalue weighted by molar-refractivity contribution is 5.92. The van der Waals surface area contributed by atoms with Crippen LogP contribution in [0, 0.1) is 0 Å². The SMILES string of the molecule is COC(=O)CCN(C(=O)N1CCOCC1)c1ccccc1. The van der Waals surface area contributed by atoms with Crippen LogP contribution in [0.15, 0.2) is 30.3 Å².